The van der Waals surface area contributed by atoms with Crippen molar-refractivity contribution in [1.29, 1.82) is 0 Å². The summed E-state index contributed by atoms with van der Waals surface area (Å²) >= 11 is 0. The summed E-state index contributed by atoms with van der Waals surface area (Å²) in [6, 6.07) is 6.76. The van der Waals surface area contributed by atoms with Gasteiger partial charge in [0.2, 0.25) is 5.91 Å². The largest absolute Gasteiger partial charge is 0.376 e. The molecule has 1 amide bonds. The molecule has 2 rings (SSSR count). The molecule has 0 aromatic heterocycles. The number of carbonyl (C=O) groups is 1. The van der Waals surface area contributed by atoms with Crippen LogP contribution in [0.25, 0.3) is 0 Å². The monoisotopic (exact) mass is 294 g/mol. The number of carbonyl (C=O) groups excluding carboxylic acids is 1. The van der Waals surface area contributed by atoms with E-state index < -0.39 is 0 Å². The van der Waals surface area contributed by atoms with Crippen LogP contribution >= 0.6 is 0 Å². The highest BCUT2D eigenvalue weighted by Gasteiger charge is 2.15. The molecule has 0 saturated carbocycles. The number of hydrogen-bond donors (Lipinski definition) is 2. The lowest BCUT2D eigenvalue weighted by Crippen LogP contribution is -2.33. The predicted octanol–water partition coefficient (Wildman–Crippen LogP) is 1.64. The van der Waals surface area contributed by atoms with E-state index >= 15 is 0 Å². The van der Waals surface area contributed by atoms with Gasteiger partial charge in [0.15, 0.2) is 0 Å². The van der Waals surface area contributed by atoms with Crippen LogP contribution < -0.4 is 10.6 Å². The first-order valence-corrected chi connectivity index (χ1v) is 7.58. The van der Waals surface area contributed by atoms with E-state index in [1.54, 1.807) is 12.1 Å². The minimum Gasteiger partial charge on any atom is -0.376 e. The van der Waals surface area contributed by atoms with Crippen LogP contribution in [-0.2, 0) is 16.0 Å². The molecule has 116 valence electrons. The van der Waals surface area contributed by atoms with E-state index in [0.29, 0.717) is 38.0 Å². The van der Waals surface area contributed by atoms with Gasteiger partial charge in [0.1, 0.15) is 5.82 Å². The summed E-state index contributed by atoms with van der Waals surface area (Å²) in [5, 5.41) is 6.04. The highest BCUT2D eigenvalue weighted by Crippen LogP contribution is 2.10. The average Bonchev–Trinajstić information content (AvgIpc) is 3.00. The van der Waals surface area contributed by atoms with E-state index in [4.69, 9.17) is 4.74 Å². The Morgan fingerprint density at radius 2 is 2.19 bits per heavy atom. The van der Waals surface area contributed by atoms with Crippen molar-refractivity contribution in [3.05, 3.63) is 35.6 Å². The number of benzene rings is 1. The Labute approximate surface area is 125 Å². The summed E-state index contributed by atoms with van der Waals surface area (Å²) in [6.07, 6.45) is 3.36. The maximum Gasteiger partial charge on any atom is 0.221 e. The SMILES string of the molecule is O=C(CCNCCc1ccccc1F)NCC1CCCO1. The minimum absolute atomic E-state index is 0.0314. The Balaban J connectivity index is 1.51. The summed E-state index contributed by atoms with van der Waals surface area (Å²) in [4.78, 5) is 11.6. The van der Waals surface area contributed by atoms with E-state index in [9.17, 15) is 9.18 Å². The summed E-state index contributed by atoms with van der Waals surface area (Å²) in [6.45, 7) is 2.68. The molecule has 1 heterocycles. The van der Waals surface area contributed by atoms with E-state index in [-0.39, 0.29) is 17.8 Å². The molecular formula is C16H23FN2O2. The Morgan fingerprint density at radius 1 is 1.33 bits per heavy atom. The highest BCUT2D eigenvalue weighted by atomic mass is 19.1. The summed E-state index contributed by atoms with van der Waals surface area (Å²) in [7, 11) is 0. The van der Waals surface area contributed by atoms with E-state index in [0.717, 1.165) is 19.4 Å². The summed E-state index contributed by atoms with van der Waals surface area (Å²) < 4.78 is 18.8. The lowest BCUT2D eigenvalue weighted by molar-refractivity contribution is -0.121. The summed E-state index contributed by atoms with van der Waals surface area (Å²) in [5.74, 6) is -0.141. The fourth-order valence-electron chi connectivity index (χ4n) is 2.37. The molecule has 21 heavy (non-hydrogen) atoms. The van der Waals surface area contributed by atoms with Crippen LogP contribution in [-0.4, -0.2) is 38.3 Å². The highest BCUT2D eigenvalue weighted by molar-refractivity contribution is 5.76. The molecule has 1 aliphatic rings. The van der Waals surface area contributed by atoms with Gasteiger partial charge in [-0.3, -0.25) is 4.79 Å². The van der Waals surface area contributed by atoms with Crippen LogP contribution in [0.5, 0.6) is 0 Å². The molecule has 0 aliphatic carbocycles. The number of hydrogen-bond acceptors (Lipinski definition) is 3. The molecule has 0 spiro atoms. The molecule has 5 heteroatoms. The van der Waals surface area contributed by atoms with Crippen LogP contribution in [0.1, 0.15) is 24.8 Å². The van der Waals surface area contributed by atoms with Gasteiger partial charge in [0.05, 0.1) is 6.10 Å². The molecule has 1 aliphatic heterocycles. The van der Waals surface area contributed by atoms with Crippen molar-refractivity contribution in [1.82, 2.24) is 10.6 Å². The normalized spacial score (nSPS) is 17.9. The van der Waals surface area contributed by atoms with Crippen molar-refractivity contribution in [2.75, 3.05) is 26.2 Å². The maximum absolute atomic E-state index is 13.4. The van der Waals surface area contributed by atoms with Gasteiger partial charge in [-0.1, -0.05) is 18.2 Å². The molecular weight excluding hydrogens is 271 g/mol. The second-order valence-corrected chi connectivity index (χ2v) is 5.28. The van der Waals surface area contributed by atoms with Gasteiger partial charge in [-0.2, -0.15) is 0 Å². The molecule has 1 atom stereocenters. The van der Waals surface area contributed by atoms with Crippen molar-refractivity contribution in [2.45, 2.75) is 31.8 Å². The quantitative estimate of drug-likeness (QED) is 0.717. The Kier molecular flexibility index (Phi) is 6.63. The first-order chi connectivity index (χ1) is 10.3. The zero-order valence-electron chi connectivity index (χ0n) is 12.2. The van der Waals surface area contributed by atoms with Crippen LogP contribution in [0.3, 0.4) is 0 Å². The van der Waals surface area contributed by atoms with Gasteiger partial charge in [-0.25, -0.2) is 4.39 Å². The molecule has 0 radical (unpaired) electrons. The Bertz CT molecular complexity index is 448. The topological polar surface area (TPSA) is 50.4 Å². The fraction of sp³-hybridized carbons (Fsp3) is 0.562. The number of rotatable bonds is 8. The first kappa shape index (κ1) is 15.9. The smallest absolute Gasteiger partial charge is 0.221 e. The third kappa shape index (κ3) is 5.81. The average molecular weight is 294 g/mol. The van der Waals surface area contributed by atoms with Gasteiger partial charge in [0.25, 0.3) is 0 Å². The van der Waals surface area contributed by atoms with Gasteiger partial charge in [0, 0.05) is 26.1 Å². The second-order valence-electron chi connectivity index (χ2n) is 5.28. The zero-order valence-corrected chi connectivity index (χ0v) is 12.2. The van der Waals surface area contributed by atoms with Crippen molar-refractivity contribution in [2.24, 2.45) is 0 Å². The van der Waals surface area contributed by atoms with Crippen LogP contribution in [0.4, 0.5) is 4.39 Å². The molecule has 4 nitrogen and oxygen atoms in total. The van der Waals surface area contributed by atoms with Crippen molar-refractivity contribution >= 4 is 5.91 Å². The number of ether oxygens (including phenoxy) is 1. The second kappa shape index (κ2) is 8.74. The zero-order chi connectivity index (χ0) is 14.9. The van der Waals surface area contributed by atoms with Crippen molar-refractivity contribution < 1.29 is 13.9 Å². The molecule has 1 unspecified atom stereocenters. The fourth-order valence-corrected chi connectivity index (χ4v) is 2.37. The standard InChI is InChI=1S/C16H23FN2O2/c17-15-6-2-1-4-13(15)7-9-18-10-8-16(20)19-12-14-5-3-11-21-14/h1-2,4,6,14,18H,3,5,7-12H2,(H,19,20). The summed E-state index contributed by atoms with van der Waals surface area (Å²) in [5.41, 5.74) is 0.702. The van der Waals surface area contributed by atoms with Crippen LogP contribution in [0, 0.1) is 5.82 Å². The molecule has 1 fully saturated rings. The third-order valence-electron chi connectivity index (χ3n) is 3.61. The van der Waals surface area contributed by atoms with Gasteiger partial charge >= 0.3 is 0 Å². The Hall–Kier alpha value is -1.46. The molecule has 2 N–H and O–H groups in total. The third-order valence-corrected chi connectivity index (χ3v) is 3.61. The van der Waals surface area contributed by atoms with Crippen LogP contribution in [0.15, 0.2) is 24.3 Å². The van der Waals surface area contributed by atoms with Gasteiger partial charge in [-0.15, -0.1) is 0 Å². The van der Waals surface area contributed by atoms with Crippen molar-refractivity contribution in [3.8, 4) is 0 Å². The molecule has 1 aromatic carbocycles. The first-order valence-electron chi connectivity index (χ1n) is 7.58. The molecule has 1 saturated heterocycles. The maximum atomic E-state index is 13.4. The molecule has 1 aromatic rings. The van der Waals surface area contributed by atoms with E-state index in [1.165, 1.54) is 6.07 Å². The van der Waals surface area contributed by atoms with Crippen molar-refractivity contribution in [3.63, 3.8) is 0 Å². The molecule has 0 bridgehead atoms. The number of nitrogens with one attached hydrogen (secondary N) is 2. The Morgan fingerprint density at radius 3 is 2.95 bits per heavy atom. The number of halogens is 1. The lowest BCUT2D eigenvalue weighted by atomic mass is 10.1. The lowest BCUT2D eigenvalue weighted by Gasteiger charge is -2.11. The van der Waals surface area contributed by atoms with E-state index in [2.05, 4.69) is 10.6 Å². The van der Waals surface area contributed by atoms with E-state index in [1.807, 2.05) is 6.07 Å². The van der Waals surface area contributed by atoms with Gasteiger partial charge in [-0.05, 0) is 37.4 Å². The predicted molar refractivity (Wildman–Crippen MR) is 79.6 cm³/mol. The van der Waals surface area contributed by atoms with Gasteiger partial charge < -0.3 is 15.4 Å². The van der Waals surface area contributed by atoms with Crippen LogP contribution in [0.2, 0.25) is 0 Å². The number of amides is 1. The minimum atomic E-state index is -0.173.